The van der Waals surface area contributed by atoms with Crippen LogP contribution >= 0.6 is 15.9 Å². The number of amides is 1. The van der Waals surface area contributed by atoms with Gasteiger partial charge in [-0.25, -0.2) is 0 Å². The molecule has 1 amide bonds. The second-order valence-corrected chi connectivity index (χ2v) is 7.24. The average Bonchev–Trinajstić information content (AvgIpc) is 3.12. The van der Waals surface area contributed by atoms with Gasteiger partial charge in [-0.2, -0.15) is 0 Å². The molecule has 0 aliphatic carbocycles. The zero-order chi connectivity index (χ0) is 17.5. The van der Waals surface area contributed by atoms with E-state index in [1.807, 2.05) is 24.3 Å². The minimum absolute atomic E-state index is 0.0174. The van der Waals surface area contributed by atoms with E-state index >= 15 is 0 Å². The molecule has 0 bridgehead atoms. The van der Waals surface area contributed by atoms with Crippen molar-refractivity contribution in [3.8, 4) is 5.75 Å². The lowest BCUT2D eigenvalue weighted by molar-refractivity contribution is -0.123. The lowest BCUT2D eigenvalue weighted by Crippen LogP contribution is -2.28. The van der Waals surface area contributed by atoms with Gasteiger partial charge in [0, 0.05) is 17.6 Å². The van der Waals surface area contributed by atoms with Crippen molar-refractivity contribution < 1.29 is 9.53 Å². The first-order valence-electron chi connectivity index (χ1n) is 8.64. The largest absolute Gasteiger partial charge is 0.484 e. The van der Waals surface area contributed by atoms with E-state index in [0.717, 1.165) is 16.6 Å². The molecule has 0 atom stereocenters. The van der Waals surface area contributed by atoms with Crippen LogP contribution < -0.4 is 10.1 Å². The summed E-state index contributed by atoms with van der Waals surface area (Å²) in [6.07, 6.45) is 2.62. The maximum absolute atomic E-state index is 11.9. The number of benzene rings is 2. The standard InChI is InChI=1S/C20H23BrN2O2/c21-18-4-3-5-19(12-18)25-15-20(24)22-13-16-6-8-17(9-7-16)14-23-10-1-2-11-23/h3-9,12H,1-2,10-11,13-15H2,(H,22,24). The number of likely N-dealkylation sites (tertiary alicyclic amines) is 1. The number of halogens is 1. The normalized spacial score (nSPS) is 14.4. The second kappa shape index (κ2) is 9.02. The second-order valence-electron chi connectivity index (χ2n) is 6.32. The molecule has 132 valence electrons. The molecule has 2 aromatic carbocycles. The van der Waals surface area contributed by atoms with Crippen molar-refractivity contribution in [2.24, 2.45) is 0 Å². The van der Waals surface area contributed by atoms with E-state index in [9.17, 15) is 4.79 Å². The molecule has 4 nitrogen and oxygen atoms in total. The predicted molar refractivity (Wildman–Crippen MR) is 102 cm³/mol. The van der Waals surface area contributed by atoms with Gasteiger partial charge >= 0.3 is 0 Å². The fourth-order valence-corrected chi connectivity index (χ4v) is 3.30. The summed E-state index contributed by atoms with van der Waals surface area (Å²) in [6, 6.07) is 15.9. The number of nitrogens with one attached hydrogen (secondary N) is 1. The highest BCUT2D eigenvalue weighted by molar-refractivity contribution is 9.10. The Morgan fingerprint density at radius 2 is 1.80 bits per heavy atom. The van der Waals surface area contributed by atoms with Crippen molar-refractivity contribution >= 4 is 21.8 Å². The highest BCUT2D eigenvalue weighted by atomic mass is 79.9. The molecule has 0 saturated carbocycles. The van der Waals surface area contributed by atoms with Gasteiger partial charge in [0.05, 0.1) is 0 Å². The van der Waals surface area contributed by atoms with Gasteiger partial charge in [0.2, 0.25) is 0 Å². The number of rotatable bonds is 7. The fourth-order valence-electron chi connectivity index (χ4n) is 2.92. The summed E-state index contributed by atoms with van der Waals surface area (Å²) in [5, 5.41) is 2.89. The van der Waals surface area contributed by atoms with Gasteiger partial charge in [-0.3, -0.25) is 9.69 Å². The van der Waals surface area contributed by atoms with Crippen LogP contribution in [0.15, 0.2) is 53.0 Å². The molecule has 3 rings (SSSR count). The Morgan fingerprint density at radius 3 is 2.52 bits per heavy atom. The van der Waals surface area contributed by atoms with E-state index in [2.05, 4.69) is 50.4 Å². The molecule has 1 heterocycles. The minimum Gasteiger partial charge on any atom is -0.484 e. The van der Waals surface area contributed by atoms with Crippen LogP contribution in [0.2, 0.25) is 0 Å². The summed E-state index contributed by atoms with van der Waals surface area (Å²) < 4.78 is 6.41. The number of hydrogen-bond acceptors (Lipinski definition) is 3. The van der Waals surface area contributed by atoms with E-state index in [0.29, 0.717) is 12.3 Å². The van der Waals surface area contributed by atoms with E-state index in [1.165, 1.54) is 31.5 Å². The lowest BCUT2D eigenvalue weighted by Gasteiger charge is -2.14. The van der Waals surface area contributed by atoms with Crippen LogP contribution in [0.3, 0.4) is 0 Å². The van der Waals surface area contributed by atoms with Crippen molar-refractivity contribution in [1.82, 2.24) is 10.2 Å². The number of carbonyl (C=O) groups is 1. The first-order valence-corrected chi connectivity index (χ1v) is 9.43. The zero-order valence-corrected chi connectivity index (χ0v) is 15.8. The molecule has 0 spiro atoms. The average molecular weight is 403 g/mol. The molecule has 1 saturated heterocycles. The topological polar surface area (TPSA) is 41.6 Å². The predicted octanol–water partition coefficient (Wildman–Crippen LogP) is 3.74. The van der Waals surface area contributed by atoms with Gasteiger partial charge in [0.1, 0.15) is 5.75 Å². The van der Waals surface area contributed by atoms with Gasteiger partial charge in [-0.05, 0) is 55.3 Å². The highest BCUT2D eigenvalue weighted by Gasteiger charge is 2.11. The Bertz CT molecular complexity index is 697. The Hall–Kier alpha value is -1.85. The molecule has 0 unspecified atom stereocenters. The fraction of sp³-hybridized carbons (Fsp3) is 0.350. The number of carbonyl (C=O) groups excluding carboxylic acids is 1. The third-order valence-corrected chi connectivity index (χ3v) is 4.78. The quantitative estimate of drug-likeness (QED) is 0.766. The molecular formula is C20H23BrN2O2. The number of hydrogen-bond donors (Lipinski definition) is 1. The lowest BCUT2D eigenvalue weighted by atomic mass is 10.1. The Morgan fingerprint density at radius 1 is 1.08 bits per heavy atom. The van der Waals surface area contributed by atoms with Crippen molar-refractivity contribution in [2.45, 2.75) is 25.9 Å². The molecule has 1 N–H and O–H groups in total. The molecule has 1 aliphatic heterocycles. The molecule has 25 heavy (non-hydrogen) atoms. The summed E-state index contributed by atoms with van der Waals surface area (Å²) in [7, 11) is 0. The van der Waals surface area contributed by atoms with Gasteiger partial charge in [-0.1, -0.05) is 46.3 Å². The van der Waals surface area contributed by atoms with Crippen molar-refractivity contribution in [3.05, 3.63) is 64.1 Å². The number of nitrogens with zero attached hydrogens (tertiary/aromatic N) is 1. The number of ether oxygens (including phenoxy) is 1. The van der Waals surface area contributed by atoms with Crippen molar-refractivity contribution in [2.75, 3.05) is 19.7 Å². The summed E-state index contributed by atoms with van der Waals surface area (Å²) >= 11 is 3.38. The smallest absolute Gasteiger partial charge is 0.258 e. The van der Waals surface area contributed by atoms with Gasteiger partial charge in [0.25, 0.3) is 5.91 Å². The van der Waals surface area contributed by atoms with Crippen LogP contribution in [0, 0.1) is 0 Å². The zero-order valence-electron chi connectivity index (χ0n) is 14.2. The SMILES string of the molecule is O=C(COc1cccc(Br)c1)NCc1ccc(CN2CCCC2)cc1. The highest BCUT2D eigenvalue weighted by Crippen LogP contribution is 2.17. The summed E-state index contributed by atoms with van der Waals surface area (Å²) in [6.45, 7) is 3.97. The Labute approximate surface area is 157 Å². The molecular weight excluding hydrogens is 380 g/mol. The Balaban J connectivity index is 1.40. The molecule has 5 heteroatoms. The van der Waals surface area contributed by atoms with Crippen LogP contribution in [0.25, 0.3) is 0 Å². The molecule has 1 fully saturated rings. The van der Waals surface area contributed by atoms with Gasteiger partial charge in [-0.15, -0.1) is 0 Å². The molecule has 0 radical (unpaired) electrons. The first-order chi connectivity index (χ1) is 12.2. The third-order valence-electron chi connectivity index (χ3n) is 4.28. The monoisotopic (exact) mass is 402 g/mol. The summed E-state index contributed by atoms with van der Waals surface area (Å²) in [5.41, 5.74) is 2.43. The van der Waals surface area contributed by atoms with Crippen LogP contribution in [0.4, 0.5) is 0 Å². The third kappa shape index (κ3) is 5.87. The van der Waals surface area contributed by atoms with Crippen LogP contribution in [-0.4, -0.2) is 30.5 Å². The van der Waals surface area contributed by atoms with E-state index < -0.39 is 0 Å². The van der Waals surface area contributed by atoms with E-state index in [-0.39, 0.29) is 12.5 Å². The van der Waals surface area contributed by atoms with Crippen LogP contribution in [0.5, 0.6) is 5.75 Å². The maximum atomic E-state index is 11.9. The van der Waals surface area contributed by atoms with E-state index in [4.69, 9.17) is 4.74 Å². The summed E-state index contributed by atoms with van der Waals surface area (Å²) in [4.78, 5) is 14.4. The van der Waals surface area contributed by atoms with Crippen LogP contribution in [-0.2, 0) is 17.9 Å². The molecule has 2 aromatic rings. The Kier molecular flexibility index (Phi) is 6.48. The van der Waals surface area contributed by atoms with Gasteiger partial charge < -0.3 is 10.1 Å². The van der Waals surface area contributed by atoms with Crippen molar-refractivity contribution in [3.63, 3.8) is 0 Å². The molecule has 1 aliphatic rings. The minimum atomic E-state index is -0.124. The van der Waals surface area contributed by atoms with E-state index in [1.54, 1.807) is 0 Å². The van der Waals surface area contributed by atoms with Crippen LogP contribution in [0.1, 0.15) is 24.0 Å². The van der Waals surface area contributed by atoms with Gasteiger partial charge in [0.15, 0.2) is 6.61 Å². The maximum Gasteiger partial charge on any atom is 0.258 e. The van der Waals surface area contributed by atoms with Crippen molar-refractivity contribution in [1.29, 1.82) is 0 Å². The molecule has 0 aromatic heterocycles. The summed E-state index contributed by atoms with van der Waals surface area (Å²) in [5.74, 6) is 0.553. The first kappa shape index (κ1) is 18.0.